The van der Waals surface area contributed by atoms with Crippen molar-refractivity contribution in [2.45, 2.75) is 46.1 Å². The minimum absolute atomic E-state index is 0.0164. The molecule has 2 rings (SSSR count). The smallest absolute Gasteiger partial charge is 0.407 e. The predicted octanol–water partition coefficient (Wildman–Crippen LogP) is 1.97. The van der Waals surface area contributed by atoms with Gasteiger partial charge in [-0.15, -0.1) is 0 Å². The number of hydrogen-bond acceptors (Lipinski definition) is 7. The summed E-state index contributed by atoms with van der Waals surface area (Å²) in [6.45, 7) is 7.48. The fourth-order valence-corrected chi connectivity index (χ4v) is 2.10. The van der Waals surface area contributed by atoms with Crippen molar-refractivity contribution in [3.63, 3.8) is 0 Å². The highest BCUT2D eigenvalue weighted by Gasteiger charge is 2.34. The van der Waals surface area contributed by atoms with E-state index in [0.717, 1.165) is 0 Å². The van der Waals surface area contributed by atoms with Gasteiger partial charge in [-0.25, -0.2) is 9.78 Å². The lowest BCUT2D eigenvalue weighted by molar-refractivity contribution is 0.0529. The van der Waals surface area contributed by atoms with E-state index in [4.69, 9.17) is 9.15 Å². The molecule has 0 saturated carbocycles. The molecule has 0 fully saturated rings. The van der Waals surface area contributed by atoms with Crippen molar-refractivity contribution in [2.75, 3.05) is 13.1 Å². The van der Waals surface area contributed by atoms with Gasteiger partial charge in [-0.1, -0.05) is 6.92 Å². The monoisotopic (exact) mass is 335 g/mol. The molecule has 130 valence electrons. The molecule has 1 aliphatic carbocycles. The van der Waals surface area contributed by atoms with E-state index < -0.39 is 17.5 Å². The van der Waals surface area contributed by atoms with E-state index in [2.05, 4.69) is 15.3 Å². The first-order chi connectivity index (χ1) is 11.2. The van der Waals surface area contributed by atoms with Gasteiger partial charge in [-0.3, -0.25) is 14.6 Å². The summed E-state index contributed by atoms with van der Waals surface area (Å²) in [7, 11) is 0. The van der Waals surface area contributed by atoms with Crippen molar-refractivity contribution < 1.29 is 23.5 Å². The number of fused-ring (bicyclic) bond motifs is 1. The Balaban J connectivity index is 1.95. The summed E-state index contributed by atoms with van der Waals surface area (Å²) in [4.78, 5) is 44.0. The zero-order valence-corrected chi connectivity index (χ0v) is 14.3. The molecule has 24 heavy (non-hydrogen) atoms. The summed E-state index contributed by atoms with van der Waals surface area (Å²) in [5, 5.41) is 2.54. The van der Waals surface area contributed by atoms with Crippen LogP contribution in [0.5, 0.6) is 0 Å². The molecular formula is C16H21N3O5. The molecule has 0 unspecified atom stereocenters. The lowest BCUT2D eigenvalue weighted by Gasteiger charge is -2.19. The summed E-state index contributed by atoms with van der Waals surface area (Å²) < 4.78 is 10.4. The molecule has 1 aliphatic rings. The number of oxazole rings is 1. The summed E-state index contributed by atoms with van der Waals surface area (Å²) in [5.41, 5.74) is -0.418. The van der Waals surface area contributed by atoms with Gasteiger partial charge < -0.3 is 14.5 Å². The number of nitrogens with one attached hydrogen (secondary N) is 1. The first kappa shape index (κ1) is 17.8. The molecule has 1 amide bonds. The van der Waals surface area contributed by atoms with Crippen LogP contribution in [-0.2, 0) is 11.2 Å². The minimum Gasteiger partial charge on any atom is -0.444 e. The Kier molecular flexibility index (Phi) is 5.16. The topological polar surface area (TPSA) is 111 Å². The molecule has 1 aromatic rings. The van der Waals surface area contributed by atoms with Crippen LogP contribution in [0.4, 0.5) is 4.79 Å². The number of aryl methyl sites for hydroxylation is 1. The van der Waals surface area contributed by atoms with Crippen molar-refractivity contribution >= 4 is 23.4 Å². The number of hydrogen-bond donors (Lipinski definition) is 1. The number of alkyl carbamates (subject to hydrolysis) is 1. The maximum atomic E-state index is 12.3. The SMILES string of the molecule is CCc1nc2c(o1)C(=O)CC(=NCCNC(=O)OC(C)(C)C)C2=O. The van der Waals surface area contributed by atoms with Crippen molar-refractivity contribution in [1.29, 1.82) is 0 Å². The normalized spacial score (nSPS) is 16.2. The lowest BCUT2D eigenvalue weighted by Crippen LogP contribution is -2.34. The molecule has 0 bridgehead atoms. The second-order valence-corrected chi connectivity index (χ2v) is 6.33. The maximum Gasteiger partial charge on any atom is 0.407 e. The number of nitrogens with zero attached hydrogens (tertiary/aromatic N) is 2. The van der Waals surface area contributed by atoms with Crippen LogP contribution < -0.4 is 5.32 Å². The number of ether oxygens (including phenoxy) is 1. The Bertz CT molecular complexity index is 697. The van der Waals surface area contributed by atoms with Crippen LogP contribution in [-0.4, -0.2) is 47.0 Å². The number of aromatic nitrogens is 1. The number of carbonyl (C=O) groups excluding carboxylic acids is 3. The molecule has 0 spiro atoms. The Morgan fingerprint density at radius 3 is 2.71 bits per heavy atom. The van der Waals surface area contributed by atoms with Crippen molar-refractivity contribution in [3.05, 3.63) is 17.3 Å². The Morgan fingerprint density at radius 1 is 1.38 bits per heavy atom. The maximum absolute atomic E-state index is 12.3. The third kappa shape index (κ3) is 4.27. The van der Waals surface area contributed by atoms with Crippen molar-refractivity contribution in [1.82, 2.24) is 10.3 Å². The van der Waals surface area contributed by atoms with Gasteiger partial charge in [-0.05, 0) is 20.8 Å². The highest BCUT2D eigenvalue weighted by molar-refractivity contribution is 6.51. The van der Waals surface area contributed by atoms with Gasteiger partial charge in [0.25, 0.3) is 0 Å². The molecule has 1 N–H and O–H groups in total. The number of ketones is 2. The van der Waals surface area contributed by atoms with E-state index in [-0.39, 0.29) is 42.5 Å². The molecule has 8 nitrogen and oxygen atoms in total. The van der Waals surface area contributed by atoms with Gasteiger partial charge >= 0.3 is 6.09 Å². The molecule has 0 aromatic carbocycles. The number of Topliss-reactive ketones (excluding diaryl/α,β-unsaturated/α-hetero) is 2. The molecular weight excluding hydrogens is 314 g/mol. The summed E-state index contributed by atoms with van der Waals surface area (Å²) in [6, 6.07) is 0. The van der Waals surface area contributed by atoms with Crippen LogP contribution in [0.3, 0.4) is 0 Å². The van der Waals surface area contributed by atoms with E-state index in [9.17, 15) is 14.4 Å². The zero-order chi connectivity index (χ0) is 17.9. The van der Waals surface area contributed by atoms with E-state index in [0.29, 0.717) is 12.3 Å². The molecule has 1 heterocycles. The van der Waals surface area contributed by atoms with Crippen LogP contribution >= 0.6 is 0 Å². The molecule has 0 atom stereocenters. The van der Waals surface area contributed by atoms with Crippen molar-refractivity contribution in [3.8, 4) is 0 Å². The number of amides is 1. The first-order valence-electron chi connectivity index (χ1n) is 7.79. The third-order valence-electron chi connectivity index (χ3n) is 3.12. The van der Waals surface area contributed by atoms with Crippen LogP contribution in [0.25, 0.3) is 0 Å². The summed E-state index contributed by atoms with van der Waals surface area (Å²) >= 11 is 0. The quantitative estimate of drug-likeness (QED) is 0.842. The van der Waals surface area contributed by atoms with Crippen LogP contribution in [0.2, 0.25) is 0 Å². The highest BCUT2D eigenvalue weighted by Crippen LogP contribution is 2.21. The second kappa shape index (κ2) is 6.94. The fraction of sp³-hybridized carbons (Fsp3) is 0.562. The first-order valence-corrected chi connectivity index (χ1v) is 7.79. The Hall–Kier alpha value is -2.51. The predicted molar refractivity (Wildman–Crippen MR) is 85.7 cm³/mol. The highest BCUT2D eigenvalue weighted by atomic mass is 16.6. The van der Waals surface area contributed by atoms with E-state index in [1.807, 2.05) is 6.92 Å². The van der Waals surface area contributed by atoms with Crippen LogP contribution in [0.1, 0.15) is 61.0 Å². The molecule has 0 aliphatic heterocycles. The van der Waals surface area contributed by atoms with Gasteiger partial charge in [0.15, 0.2) is 11.6 Å². The second-order valence-electron chi connectivity index (χ2n) is 6.33. The number of aliphatic imine (C=N–C) groups is 1. The third-order valence-corrected chi connectivity index (χ3v) is 3.12. The zero-order valence-electron chi connectivity index (χ0n) is 14.3. The Morgan fingerprint density at radius 2 is 2.08 bits per heavy atom. The van der Waals surface area contributed by atoms with E-state index in [1.165, 1.54) is 0 Å². The summed E-state index contributed by atoms with van der Waals surface area (Å²) in [5.74, 6) is -0.335. The number of rotatable bonds is 4. The largest absolute Gasteiger partial charge is 0.444 e. The van der Waals surface area contributed by atoms with Gasteiger partial charge in [0, 0.05) is 13.0 Å². The average Bonchev–Trinajstić information content (AvgIpc) is 2.91. The minimum atomic E-state index is -0.581. The Labute approximate surface area is 139 Å². The van der Waals surface area contributed by atoms with Gasteiger partial charge in [0.05, 0.1) is 18.7 Å². The van der Waals surface area contributed by atoms with E-state index >= 15 is 0 Å². The van der Waals surface area contributed by atoms with Crippen molar-refractivity contribution in [2.24, 2.45) is 4.99 Å². The molecule has 0 radical (unpaired) electrons. The molecule has 0 saturated heterocycles. The fourth-order valence-electron chi connectivity index (χ4n) is 2.10. The van der Waals surface area contributed by atoms with Crippen LogP contribution in [0, 0.1) is 0 Å². The summed E-state index contributed by atoms with van der Waals surface area (Å²) in [6.07, 6.45) is -0.170. The molecule has 1 aromatic heterocycles. The van der Waals surface area contributed by atoms with E-state index in [1.54, 1.807) is 20.8 Å². The van der Waals surface area contributed by atoms with Gasteiger partial charge in [0.1, 0.15) is 5.60 Å². The standard InChI is InChI=1S/C16H21N3O5/c1-5-11-19-12-13(21)9(8-10(20)14(12)23-11)17-6-7-18-15(22)24-16(2,3)4/h5-8H2,1-4H3,(H,18,22). The number of carbonyl (C=O) groups is 3. The van der Waals surface area contributed by atoms with Crippen LogP contribution in [0.15, 0.2) is 9.41 Å². The van der Waals surface area contributed by atoms with Gasteiger partial charge in [0.2, 0.25) is 17.3 Å². The average molecular weight is 335 g/mol. The van der Waals surface area contributed by atoms with Gasteiger partial charge in [-0.2, -0.15) is 0 Å². The molecule has 8 heteroatoms. The lowest BCUT2D eigenvalue weighted by atomic mass is 9.97.